The number of rotatable bonds is 3. The molecule has 0 saturated carbocycles. The zero-order valence-electron chi connectivity index (χ0n) is 8.65. The minimum Gasteiger partial charge on any atom is -0.480 e. The second kappa shape index (κ2) is 4.44. The van der Waals surface area contributed by atoms with Gasteiger partial charge in [-0.3, -0.25) is 9.69 Å². The standard InChI is InChI=1S/C10H13BrN2O2S/c11-7-1-4-16-8(7)5-13-3-2-10(12,6-13)9(14)15/h1,4H,2-3,5-6,12H2,(H,14,15). The summed E-state index contributed by atoms with van der Waals surface area (Å²) in [6.07, 6.45) is 0.519. The van der Waals surface area contributed by atoms with E-state index in [9.17, 15) is 4.79 Å². The van der Waals surface area contributed by atoms with Crippen LogP contribution in [0.1, 0.15) is 11.3 Å². The lowest BCUT2D eigenvalue weighted by molar-refractivity contribution is -0.142. The fourth-order valence-electron chi connectivity index (χ4n) is 1.87. The first-order valence-corrected chi connectivity index (χ1v) is 6.65. The molecule has 1 aromatic heterocycles. The predicted octanol–water partition coefficient (Wildman–Crippen LogP) is 1.50. The minimum atomic E-state index is -1.07. The van der Waals surface area contributed by atoms with Gasteiger partial charge >= 0.3 is 5.97 Å². The van der Waals surface area contributed by atoms with Crippen LogP contribution in [0.15, 0.2) is 15.9 Å². The van der Waals surface area contributed by atoms with Crippen molar-refractivity contribution in [1.82, 2.24) is 4.90 Å². The van der Waals surface area contributed by atoms with Gasteiger partial charge in [0.15, 0.2) is 0 Å². The molecule has 0 aliphatic carbocycles. The molecule has 2 heterocycles. The van der Waals surface area contributed by atoms with Crippen molar-refractivity contribution in [3.05, 3.63) is 20.8 Å². The van der Waals surface area contributed by atoms with Crippen LogP contribution in [-0.4, -0.2) is 34.6 Å². The highest BCUT2D eigenvalue weighted by Gasteiger charge is 2.41. The highest BCUT2D eigenvalue weighted by molar-refractivity contribution is 9.10. The third-order valence-electron chi connectivity index (χ3n) is 2.86. The summed E-state index contributed by atoms with van der Waals surface area (Å²) < 4.78 is 1.09. The Balaban J connectivity index is 2.00. The summed E-state index contributed by atoms with van der Waals surface area (Å²) in [5, 5.41) is 11.0. The molecule has 1 aromatic rings. The lowest BCUT2D eigenvalue weighted by Crippen LogP contribution is -2.49. The SMILES string of the molecule is NC1(C(=O)O)CCN(Cc2sccc2Br)C1. The highest BCUT2D eigenvalue weighted by Crippen LogP contribution is 2.27. The summed E-state index contributed by atoms with van der Waals surface area (Å²) in [4.78, 5) is 14.3. The zero-order valence-corrected chi connectivity index (χ0v) is 11.1. The molecule has 16 heavy (non-hydrogen) atoms. The van der Waals surface area contributed by atoms with Crippen molar-refractivity contribution in [2.24, 2.45) is 5.73 Å². The number of aliphatic carboxylic acids is 1. The van der Waals surface area contributed by atoms with Crippen molar-refractivity contribution in [2.45, 2.75) is 18.5 Å². The molecule has 2 rings (SSSR count). The van der Waals surface area contributed by atoms with Crippen LogP contribution in [0.2, 0.25) is 0 Å². The smallest absolute Gasteiger partial charge is 0.325 e. The molecule has 0 radical (unpaired) electrons. The third kappa shape index (κ3) is 2.29. The molecule has 3 N–H and O–H groups in total. The average molecular weight is 305 g/mol. The van der Waals surface area contributed by atoms with Crippen LogP contribution in [0.4, 0.5) is 0 Å². The molecule has 1 aliphatic rings. The van der Waals surface area contributed by atoms with Gasteiger partial charge in [0, 0.05) is 29.0 Å². The van der Waals surface area contributed by atoms with Gasteiger partial charge in [-0.25, -0.2) is 0 Å². The summed E-state index contributed by atoms with van der Waals surface area (Å²) in [6, 6.07) is 2.00. The predicted molar refractivity (Wildman–Crippen MR) is 66.5 cm³/mol. The van der Waals surface area contributed by atoms with E-state index in [-0.39, 0.29) is 0 Å². The second-order valence-corrected chi connectivity index (χ2v) is 5.97. The first-order valence-electron chi connectivity index (χ1n) is 4.98. The molecule has 1 saturated heterocycles. The Morgan fingerprint density at radius 2 is 2.50 bits per heavy atom. The number of halogens is 1. The van der Waals surface area contributed by atoms with E-state index in [0.717, 1.165) is 17.6 Å². The summed E-state index contributed by atoms with van der Waals surface area (Å²) in [5.74, 6) is -0.903. The Hall–Kier alpha value is -0.430. The molecule has 1 unspecified atom stereocenters. The van der Waals surface area contributed by atoms with Gasteiger partial charge in [-0.1, -0.05) is 0 Å². The number of hydrogen-bond donors (Lipinski definition) is 2. The summed E-state index contributed by atoms with van der Waals surface area (Å²) in [5.41, 5.74) is 4.74. The molecule has 0 amide bonds. The first-order chi connectivity index (χ1) is 7.51. The average Bonchev–Trinajstić information content (AvgIpc) is 2.77. The Kier molecular flexibility index (Phi) is 3.34. The highest BCUT2D eigenvalue weighted by atomic mass is 79.9. The second-order valence-electron chi connectivity index (χ2n) is 4.11. The molecule has 1 fully saturated rings. The van der Waals surface area contributed by atoms with Gasteiger partial charge in [0.1, 0.15) is 5.54 Å². The fourth-order valence-corrected chi connectivity index (χ4v) is 3.38. The van der Waals surface area contributed by atoms with E-state index in [0.29, 0.717) is 13.0 Å². The summed E-state index contributed by atoms with van der Waals surface area (Å²) >= 11 is 5.14. The van der Waals surface area contributed by atoms with Crippen LogP contribution in [-0.2, 0) is 11.3 Å². The van der Waals surface area contributed by atoms with E-state index in [4.69, 9.17) is 10.8 Å². The van der Waals surface area contributed by atoms with Gasteiger partial charge in [-0.05, 0) is 33.8 Å². The lowest BCUT2D eigenvalue weighted by atomic mass is 10.0. The molecule has 4 nitrogen and oxygen atoms in total. The van der Waals surface area contributed by atoms with Crippen molar-refractivity contribution in [1.29, 1.82) is 0 Å². The van der Waals surface area contributed by atoms with E-state index in [2.05, 4.69) is 20.8 Å². The maximum absolute atomic E-state index is 11.0. The fraction of sp³-hybridized carbons (Fsp3) is 0.500. The third-order valence-corrected chi connectivity index (χ3v) is 4.78. The zero-order chi connectivity index (χ0) is 11.8. The molecule has 0 aromatic carbocycles. The van der Waals surface area contributed by atoms with Gasteiger partial charge in [0.25, 0.3) is 0 Å². The number of carbonyl (C=O) groups is 1. The number of nitrogens with two attached hydrogens (primary N) is 1. The van der Waals surface area contributed by atoms with E-state index >= 15 is 0 Å². The van der Waals surface area contributed by atoms with Crippen molar-refractivity contribution in [3.63, 3.8) is 0 Å². The van der Waals surface area contributed by atoms with E-state index in [1.165, 1.54) is 4.88 Å². The molecule has 0 spiro atoms. The Morgan fingerprint density at radius 3 is 3.00 bits per heavy atom. The number of hydrogen-bond acceptors (Lipinski definition) is 4. The van der Waals surface area contributed by atoms with E-state index < -0.39 is 11.5 Å². The molecule has 0 bridgehead atoms. The molecular formula is C10H13BrN2O2S. The maximum atomic E-state index is 11.0. The minimum absolute atomic E-state index is 0.423. The molecule has 1 aliphatic heterocycles. The van der Waals surface area contributed by atoms with Gasteiger partial charge in [0.2, 0.25) is 0 Å². The summed E-state index contributed by atoms with van der Waals surface area (Å²) in [7, 11) is 0. The lowest BCUT2D eigenvalue weighted by Gasteiger charge is -2.19. The first kappa shape index (κ1) is 12.0. The Bertz CT molecular complexity index is 409. The van der Waals surface area contributed by atoms with Gasteiger partial charge in [0.05, 0.1) is 0 Å². The number of carboxylic acid groups (broad SMARTS) is 1. The topological polar surface area (TPSA) is 66.6 Å². The van der Waals surface area contributed by atoms with Crippen molar-refractivity contribution >= 4 is 33.2 Å². The molecule has 1 atom stereocenters. The molecule has 6 heteroatoms. The van der Waals surface area contributed by atoms with Crippen molar-refractivity contribution in [2.75, 3.05) is 13.1 Å². The summed E-state index contributed by atoms with van der Waals surface area (Å²) in [6.45, 7) is 1.93. The van der Waals surface area contributed by atoms with E-state index in [1.54, 1.807) is 11.3 Å². The number of carboxylic acids is 1. The van der Waals surface area contributed by atoms with Crippen LogP contribution < -0.4 is 5.73 Å². The van der Waals surface area contributed by atoms with Crippen LogP contribution in [0.25, 0.3) is 0 Å². The van der Waals surface area contributed by atoms with Gasteiger partial charge in [-0.2, -0.15) is 0 Å². The van der Waals surface area contributed by atoms with Crippen LogP contribution in [0, 0.1) is 0 Å². The number of nitrogens with zero attached hydrogens (tertiary/aromatic N) is 1. The van der Waals surface area contributed by atoms with Crippen molar-refractivity contribution < 1.29 is 9.90 Å². The van der Waals surface area contributed by atoms with Crippen LogP contribution >= 0.6 is 27.3 Å². The monoisotopic (exact) mass is 304 g/mol. The Morgan fingerprint density at radius 1 is 1.75 bits per heavy atom. The number of thiophene rings is 1. The largest absolute Gasteiger partial charge is 0.480 e. The van der Waals surface area contributed by atoms with Gasteiger partial charge < -0.3 is 10.8 Å². The van der Waals surface area contributed by atoms with Crippen LogP contribution in [0.3, 0.4) is 0 Å². The van der Waals surface area contributed by atoms with E-state index in [1.807, 2.05) is 11.4 Å². The quantitative estimate of drug-likeness (QED) is 0.888. The Labute approximate surface area is 106 Å². The normalized spacial score (nSPS) is 26.1. The van der Waals surface area contributed by atoms with Crippen LogP contribution in [0.5, 0.6) is 0 Å². The maximum Gasteiger partial charge on any atom is 0.325 e. The van der Waals surface area contributed by atoms with Crippen molar-refractivity contribution in [3.8, 4) is 0 Å². The number of likely N-dealkylation sites (tertiary alicyclic amines) is 1. The molecule has 88 valence electrons. The molecular weight excluding hydrogens is 292 g/mol. The van der Waals surface area contributed by atoms with Gasteiger partial charge in [-0.15, -0.1) is 11.3 Å².